The number of rotatable bonds is 1. The fraction of sp³-hybridized carbons (Fsp3) is 0.933. The first-order valence-corrected chi connectivity index (χ1v) is 7.58. The first-order chi connectivity index (χ1) is 9.66. The zero-order valence-corrected chi connectivity index (χ0v) is 13.1. The summed E-state index contributed by atoms with van der Waals surface area (Å²) in [4.78, 5) is 12.8. The Hall–Kier alpha value is -0.530. The molecular weight excluding hydrogens is 276 g/mol. The topological polar surface area (TPSA) is 66.5 Å². The average Bonchev–Trinajstić information content (AvgIpc) is 2.95. The molecule has 3 aliphatic heterocycles. The molecule has 3 heterocycles. The highest BCUT2D eigenvalue weighted by molar-refractivity contribution is 5.97. The highest BCUT2D eigenvalue weighted by Crippen LogP contribution is 2.60. The van der Waals surface area contributed by atoms with Gasteiger partial charge in [0.1, 0.15) is 12.2 Å². The number of hydrogen-bond donors (Lipinski definition) is 0. The van der Waals surface area contributed by atoms with Crippen LogP contribution in [0.5, 0.6) is 0 Å². The lowest BCUT2D eigenvalue weighted by atomic mass is 9.73. The maximum absolute atomic E-state index is 12.8. The van der Waals surface area contributed by atoms with E-state index in [0.29, 0.717) is 13.0 Å². The quantitative estimate of drug-likeness (QED) is 0.677. The zero-order chi connectivity index (χ0) is 15.3. The molecule has 0 radical (unpaired) electrons. The summed E-state index contributed by atoms with van der Waals surface area (Å²) in [5.41, 5.74) is -1.57. The molecule has 0 aromatic rings. The molecule has 1 spiro atoms. The van der Waals surface area contributed by atoms with Gasteiger partial charge in [0.15, 0.2) is 34.7 Å². The first-order valence-electron chi connectivity index (χ1n) is 7.58. The summed E-state index contributed by atoms with van der Waals surface area (Å²) >= 11 is 0. The molecule has 4 fully saturated rings. The van der Waals surface area contributed by atoms with Gasteiger partial charge in [-0.25, -0.2) is 0 Å². The zero-order valence-electron chi connectivity index (χ0n) is 13.1. The second-order valence-corrected chi connectivity index (χ2v) is 7.33. The van der Waals surface area contributed by atoms with Gasteiger partial charge in [-0.2, -0.15) is 0 Å². The van der Waals surface area contributed by atoms with Crippen LogP contribution in [0.4, 0.5) is 0 Å². The monoisotopic (exact) mass is 298 g/mol. The lowest BCUT2D eigenvalue weighted by molar-refractivity contribution is -0.211. The molecule has 6 nitrogen and oxygen atoms in total. The molecule has 1 saturated carbocycles. The van der Waals surface area contributed by atoms with Crippen LogP contribution >= 0.6 is 0 Å². The molecule has 1 aliphatic carbocycles. The van der Waals surface area contributed by atoms with E-state index in [1.165, 1.54) is 0 Å². The highest BCUT2D eigenvalue weighted by atomic mass is 16.8. The minimum atomic E-state index is -0.806. The summed E-state index contributed by atoms with van der Waals surface area (Å²) in [7, 11) is 0. The van der Waals surface area contributed by atoms with Gasteiger partial charge in [0.05, 0.1) is 6.61 Å². The van der Waals surface area contributed by atoms with Crippen molar-refractivity contribution in [2.45, 2.75) is 82.1 Å². The van der Waals surface area contributed by atoms with Crippen LogP contribution in [0.25, 0.3) is 0 Å². The van der Waals surface area contributed by atoms with Gasteiger partial charge in [-0.15, -0.1) is 0 Å². The van der Waals surface area contributed by atoms with Gasteiger partial charge in [-0.05, 0) is 34.1 Å². The van der Waals surface area contributed by atoms with Crippen LogP contribution in [0.1, 0.15) is 41.0 Å². The molecule has 0 bridgehead atoms. The van der Waals surface area contributed by atoms with Crippen molar-refractivity contribution in [3.05, 3.63) is 0 Å². The number of ether oxygens (including phenoxy) is 5. The van der Waals surface area contributed by atoms with Crippen LogP contribution < -0.4 is 0 Å². The Kier molecular flexibility index (Phi) is 2.47. The minimum Gasteiger partial charge on any atom is -0.354 e. The standard InChI is InChI=1S/C15H22O6/c1-6-14-9(16)8-10(19-13(4,5)18-8)15(11(14)20-14)7-17-12(2,3)21-15/h8,10-11H,6-7H2,1-5H3/t8-,10-,11+,14+,15+/m0/s1. The van der Waals surface area contributed by atoms with Crippen LogP contribution in [0.2, 0.25) is 0 Å². The third-order valence-corrected chi connectivity index (χ3v) is 5.00. The van der Waals surface area contributed by atoms with Gasteiger partial charge in [0.2, 0.25) is 0 Å². The Morgan fingerprint density at radius 1 is 1.10 bits per heavy atom. The smallest absolute Gasteiger partial charge is 0.198 e. The van der Waals surface area contributed by atoms with Crippen molar-refractivity contribution in [1.82, 2.24) is 0 Å². The van der Waals surface area contributed by atoms with Crippen molar-refractivity contribution in [2.75, 3.05) is 6.61 Å². The van der Waals surface area contributed by atoms with E-state index in [2.05, 4.69) is 0 Å². The summed E-state index contributed by atoms with van der Waals surface area (Å²) in [5, 5.41) is 0. The number of carbonyl (C=O) groups excluding carboxylic acids is 1. The number of epoxide rings is 1. The fourth-order valence-corrected chi connectivity index (χ4v) is 4.07. The van der Waals surface area contributed by atoms with Crippen molar-refractivity contribution in [3.8, 4) is 0 Å². The van der Waals surface area contributed by atoms with Crippen LogP contribution in [-0.4, -0.2) is 53.5 Å². The molecule has 118 valence electrons. The van der Waals surface area contributed by atoms with E-state index >= 15 is 0 Å². The lowest BCUT2D eigenvalue weighted by Crippen LogP contribution is -2.64. The van der Waals surface area contributed by atoms with E-state index < -0.39 is 35.0 Å². The molecule has 0 amide bonds. The second kappa shape index (κ2) is 3.68. The predicted octanol–water partition coefficient (Wildman–Crippen LogP) is 1.16. The van der Waals surface area contributed by atoms with Gasteiger partial charge < -0.3 is 23.7 Å². The number of carbonyl (C=O) groups is 1. The van der Waals surface area contributed by atoms with E-state index in [1.807, 2.05) is 34.6 Å². The Bertz CT molecular complexity index is 514. The molecular formula is C15H22O6. The van der Waals surface area contributed by atoms with Crippen molar-refractivity contribution < 1.29 is 28.5 Å². The number of ketones is 1. The molecule has 4 rings (SSSR count). The van der Waals surface area contributed by atoms with E-state index in [0.717, 1.165) is 0 Å². The average molecular weight is 298 g/mol. The molecule has 0 aromatic heterocycles. The van der Waals surface area contributed by atoms with Crippen molar-refractivity contribution >= 4 is 5.78 Å². The van der Waals surface area contributed by atoms with Gasteiger partial charge in [0, 0.05) is 0 Å². The third-order valence-electron chi connectivity index (χ3n) is 5.00. The van der Waals surface area contributed by atoms with Crippen molar-refractivity contribution in [1.29, 1.82) is 0 Å². The van der Waals surface area contributed by atoms with E-state index in [1.54, 1.807) is 0 Å². The Morgan fingerprint density at radius 3 is 2.38 bits per heavy atom. The predicted molar refractivity (Wildman–Crippen MR) is 70.6 cm³/mol. The summed E-state index contributed by atoms with van der Waals surface area (Å²) in [5.74, 6) is -1.55. The molecule has 6 heteroatoms. The van der Waals surface area contributed by atoms with Gasteiger partial charge >= 0.3 is 0 Å². The van der Waals surface area contributed by atoms with Crippen LogP contribution in [0.15, 0.2) is 0 Å². The molecule has 3 saturated heterocycles. The van der Waals surface area contributed by atoms with Crippen LogP contribution in [0, 0.1) is 0 Å². The number of hydrogen-bond acceptors (Lipinski definition) is 6. The summed E-state index contributed by atoms with van der Waals surface area (Å²) < 4.78 is 29.7. The Balaban J connectivity index is 1.78. The van der Waals surface area contributed by atoms with Crippen LogP contribution in [-0.2, 0) is 28.5 Å². The van der Waals surface area contributed by atoms with Gasteiger partial charge in [0.25, 0.3) is 0 Å². The van der Waals surface area contributed by atoms with E-state index in [4.69, 9.17) is 23.7 Å². The highest BCUT2D eigenvalue weighted by Gasteiger charge is 2.82. The molecule has 4 aliphatic rings. The van der Waals surface area contributed by atoms with Crippen molar-refractivity contribution in [3.63, 3.8) is 0 Å². The summed E-state index contributed by atoms with van der Waals surface area (Å²) in [6.07, 6.45) is -0.858. The maximum Gasteiger partial charge on any atom is 0.198 e. The third kappa shape index (κ3) is 1.63. The largest absolute Gasteiger partial charge is 0.354 e. The molecule has 0 aromatic carbocycles. The molecule has 5 atom stereocenters. The number of fused-ring (bicyclic) bond motifs is 4. The van der Waals surface area contributed by atoms with Crippen molar-refractivity contribution in [2.24, 2.45) is 0 Å². The maximum atomic E-state index is 12.8. The SMILES string of the molecule is CC[C@]12O[C@H]1[C@@]1(COC(C)(C)O1)[C@H]1OC(C)(C)O[C@H]1C2=O. The van der Waals surface area contributed by atoms with Gasteiger partial charge in [-0.1, -0.05) is 6.92 Å². The molecule has 0 unspecified atom stereocenters. The first kappa shape index (κ1) is 14.1. The van der Waals surface area contributed by atoms with Gasteiger partial charge in [-0.3, -0.25) is 4.79 Å². The normalized spacial score (nSPS) is 52.8. The Morgan fingerprint density at radius 2 is 1.81 bits per heavy atom. The number of Topliss-reactive ketones (excluding diaryl/α,β-unsaturated/α-hetero) is 1. The lowest BCUT2D eigenvalue weighted by Gasteiger charge is -2.38. The Labute approximate surface area is 124 Å². The summed E-state index contributed by atoms with van der Waals surface area (Å²) in [6.45, 7) is 9.67. The van der Waals surface area contributed by atoms with E-state index in [9.17, 15) is 4.79 Å². The second-order valence-electron chi connectivity index (χ2n) is 7.33. The molecule has 21 heavy (non-hydrogen) atoms. The van der Waals surface area contributed by atoms with Crippen LogP contribution in [0.3, 0.4) is 0 Å². The summed E-state index contributed by atoms with van der Waals surface area (Å²) in [6, 6.07) is 0. The van der Waals surface area contributed by atoms with E-state index in [-0.39, 0.29) is 11.9 Å². The fourth-order valence-electron chi connectivity index (χ4n) is 4.07. The minimum absolute atomic E-state index is 0.0236. The molecule has 0 N–H and O–H groups in total.